The van der Waals surface area contributed by atoms with Crippen LogP contribution in [0.15, 0.2) is 48.9 Å². The summed E-state index contributed by atoms with van der Waals surface area (Å²) < 4.78 is 43.8. The van der Waals surface area contributed by atoms with Crippen LogP contribution in [-0.4, -0.2) is 48.2 Å². The summed E-state index contributed by atoms with van der Waals surface area (Å²) in [7, 11) is 1.40. The molecule has 0 saturated heterocycles. The van der Waals surface area contributed by atoms with E-state index in [0.29, 0.717) is 12.2 Å². The largest absolute Gasteiger partial charge is 0.435 e. The van der Waals surface area contributed by atoms with Crippen molar-refractivity contribution in [2.75, 3.05) is 17.6 Å². The van der Waals surface area contributed by atoms with Crippen molar-refractivity contribution in [1.29, 1.82) is 0 Å². The van der Waals surface area contributed by atoms with Crippen molar-refractivity contribution in [1.82, 2.24) is 29.6 Å². The molecule has 15 heteroatoms. The number of pyridine rings is 1. The Labute approximate surface area is 230 Å². The van der Waals surface area contributed by atoms with E-state index in [1.807, 2.05) is 0 Å². The number of alkyl halides is 3. The predicted octanol–water partition coefficient (Wildman–Crippen LogP) is 3.40. The molecule has 2 amide bonds. The molecular weight excluding hydrogens is 551 g/mol. The Bertz CT molecular complexity index is 1610. The van der Waals surface area contributed by atoms with Gasteiger partial charge in [-0.25, -0.2) is 14.6 Å². The van der Waals surface area contributed by atoms with E-state index in [0.717, 1.165) is 29.9 Å². The summed E-state index contributed by atoms with van der Waals surface area (Å²) in [5, 5.41) is 9.25. The minimum Gasteiger partial charge on any atom is -0.397 e. The third-order valence-electron chi connectivity index (χ3n) is 6.55. The normalized spacial score (nSPS) is 14.2. The summed E-state index contributed by atoms with van der Waals surface area (Å²) in [5.74, 6) is -1.13. The van der Waals surface area contributed by atoms with Gasteiger partial charge in [0.15, 0.2) is 17.3 Å². The number of nitrogens with zero attached hydrogens (tertiary/aromatic N) is 5. The summed E-state index contributed by atoms with van der Waals surface area (Å²) >= 11 is 6.29. The number of amides is 2. The lowest BCUT2D eigenvalue weighted by Gasteiger charge is -2.16. The zero-order valence-corrected chi connectivity index (χ0v) is 21.7. The number of nitrogens with one attached hydrogen (secondary N) is 2. The topological polar surface area (TPSA) is 159 Å². The molecule has 3 heterocycles. The number of hydrogen-bond acceptors (Lipinski definition) is 7. The lowest BCUT2D eigenvalue weighted by atomic mass is 10.1. The molecule has 1 fully saturated rings. The molecular formula is C25H23ClF3N9O2. The van der Waals surface area contributed by atoms with E-state index >= 15 is 0 Å². The zero-order valence-electron chi connectivity index (χ0n) is 21.0. The molecule has 5 rings (SSSR count). The van der Waals surface area contributed by atoms with Crippen LogP contribution in [0, 0.1) is 0 Å². The van der Waals surface area contributed by atoms with Gasteiger partial charge in [-0.2, -0.15) is 18.3 Å². The van der Waals surface area contributed by atoms with Crippen LogP contribution in [0.5, 0.6) is 0 Å². The second-order valence-corrected chi connectivity index (χ2v) is 9.80. The smallest absolute Gasteiger partial charge is 0.397 e. The molecule has 208 valence electrons. The third kappa shape index (κ3) is 5.22. The number of carbonyl (C=O) groups is 2. The summed E-state index contributed by atoms with van der Waals surface area (Å²) in [4.78, 5) is 33.6. The molecule has 4 aromatic rings. The number of halogens is 4. The molecule has 1 aliphatic rings. The monoisotopic (exact) mass is 573 g/mol. The maximum absolute atomic E-state index is 13.9. The zero-order chi connectivity index (χ0) is 28.8. The SMILES string of the molecule is Cn1c(-c2cn(-c3ccc(N)cn3)nc2C(F)(F)F)cnc1C(=O)Nc1ccc(C(=O)NC2(CN)CC2)c(Cl)c1. The molecule has 0 unspecified atom stereocenters. The van der Waals surface area contributed by atoms with Crippen LogP contribution in [0.1, 0.15) is 39.5 Å². The highest BCUT2D eigenvalue weighted by Crippen LogP contribution is 2.37. The number of nitrogen functional groups attached to an aromatic ring is 1. The van der Waals surface area contributed by atoms with Gasteiger partial charge >= 0.3 is 6.18 Å². The van der Waals surface area contributed by atoms with Gasteiger partial charge in [-0.1, -0.05) is 11.6 Å². The lowest BCUT2D eigenvalue weighted by molar-refractivity contribution is -0.140. The van der Waals surface area contributed by atoms with Gasteiger partial charge in [0.25, 0.3) is 11.8 Å². The fraction of sp³-hybridized carbons (Fsp3) is 0.240. The molecule has 0 bridgehead atoms. The first-order valence-corrected chi connectivity index (χ1v) is 12.3. The van der Waals surface area contributed by atoms with E-state index < -0.39 is 23.3 Å². The van der Waals surface area contributed by atoms with E-state index in [9.17, 15) is 22.8 Å². The number of anilines is 2. The van der Waals surface area contributed by atoms with E-state index in [1.165, 1.54) is 48.1 Å². The highest BCUT2D eigenvalue weighted by atomic mass is 35.5. The van der Waals surface area contributed by atoms with Crippen LogP contribution in [0.3, 0.4) is 0 Å². The first-order chi connectivity index (χ1) is 18.9. The Kier molecular flexibility index (Phi) is 6.75. The minimum absolute atomic E-state index is 0.00173. The van der Waals surface area contributed by atoms with Crippen molar-refractivity contribution < 1.29 is 22.8 Å². The fourth-order valence-corrected chi connectivity index (χ4v) is 4.36. The highest BCUT2D eigenvalue weighted by Gasteiger charge is 2.43. The molecule has 1 aliphatic carbocycles. The Hall–Kier alpha value is -4.43. The van der Waals surface area contributed by atoms with Gasteiger partial charge in [-0.15, -0.1) is 0 Å². The fourth-order valence-electron chi connectivity index (χ4n) is 4.10. The Balaban J connectivity index is 1.39. The van der Waals surface area contributed by atoms with Gasteiger partial charge in [0, 0.05) is 25.5 Å². The molecule has 0 atom stereocenters. The van der Waals surface area contributed by atoms with Crippen LogP contribution in [0.25, 0.3) is 17.1 Å². The molecule has 6 N–H and O–H groups in total. The number of imidazole rings is 1. The van der Waals surface area contributed by atoms with Gasteiger partial charge in [0.2, 0.25) is 0 Å². The first kappa shape index (κ1) is 27.1. The average Bonchev–Trinajstić information content (AvgIpc) is 3.33. The van der Waals surface area contributed by atoms with E-state index in [4.69, 9.17) is 23.1 Å². The molecule has 0 radical (unpaired) electrons. The van der Waals surface area contributed by atoms with Crippen molar-refractivity contribution in [2.45, 2.75) is 24.6 Å². The standard InChI is InChI=1S/C25H23ClF3N9O2/c1-37-18(16-11-38(36-20(16)25(27,28)29)19-5-2-13(31)9-32-19)10-33-21(37)23(40)34-14-3-4-15(17(26)8-14)22(39)35-24(12-30)6-7-24/h2-5,8-11H,6-7,12,30-31H2,1H3,(H,34,40)(H,35,39). The van der Waals surface area contributed by atoms with Gasteiger partial charge in [0.1, 0.15) is 0 Å². The van der Waals surface area contributed by atoms with Crippen LogP contribution in [-0.2, 0) is 13.2 Å². The summed E-state index contributed by atoms with van der Waals surface area (Å²) in [6, 6.07) is 7.25. The molecule has 11 nitrogen and oxygen atoms in total. The molecule has 1 saturated carbocycles. The Morgan fingerprint density at radius 1 is 1.12 bits per heavy atom. The number of carbonyl (C=O) groups excluding carboxylic acids is 2. The summed E-state index contributed by atoms with van der Waals surface area (Å²) in [6.45, 7) is 0.319. The van der Waals surface area contributed by atoms with Gasteiger partial charge in [-0.05, 0) is 43.2 Å². The Morgan fingerprint density at radius 2 is 1.88 bits per heavy atom. The lowest BCUT2D eigenvalue weighted by Crippen LogP contribution is -2.42. The maximum Gasteiger partial charge on any atom is 0.435 e. The van der Waals surface area contributed by atoms with Gasteiger partial charge < -0.3 is 26.7 Å². The number of benzene rings is 1. The molecule has 0 spiro atoms. The van der Waals surface area contributed by atoms with E-state index in [1.54, 1.807) is 0 Å². The van der Waals surface area contributed by atoms with Crippen LogP contribution >= 0.6 is 11.6 Å². The number of nitrogens with two attached hydrogens (primary N) is 2. The maximum atomic E-state index is 13.9. The van der Waals surface area contributed by atoms with Crippen molar-refractivity contribution in [2.24, 2.45) is 12.8 Å². The van der Waals surface area contributed by atoms with Crippen LogP contribution < -0.4 is 22.1 Å². The second-order valence-electron chi connectivity index (χ2n) is 9.40. The number of hydrogen-bond donors (Lipinski definition) is 4. The van der Waals surface area contributed by atoms with Gasteiger partial charge in [0.05, 0.1) is 45.5 Å². The van der Waals surface area contributed by atoms with Crippen molar-refractivity contribution in [3.8, 4) is 17.1 Å². The van der Waals surface area contributed by atoms with Crippen LogP contribution in [0.2, 0.25) is 5.02 Å². The summed E-state index contributed by atoms with van der Waals surface area (Å²) in [5.41, 5.74) is 10.3. The van der Waals surface area contributed by atoms with Crippen molar-refractivity contribution in [3.05, 3.63) is 71.0 Å². The van der Waals surface area contributed by atoms with Crippen molar-refractivity contribution in [3.63, 3.8) is 0 Å². The highest BCUT2D eigenvalue weighted by molar-refractivity contribution is 6.34. The number of aromatic nitrogens is 5. The predicted molar refractivity (Wildman–Crippen MR) is 141 cm³/mol. The van der Waals surface area contributed by atoms with E-state index in [2.05, 4.69) is 25.7 Å². The minimum atomic E-state index is -4.80. The molecule has 0 aliphatic heterocycles. The van der Waals surface area contributed by atoms with Gasteiger partial charge in [-0.3, -0.25) is 9.59 Å². The van der Waals surface area contributed by atoms with Crippen molar-refractivity contribution >= 4 is 34.8 Å². The second kappa shape index (κ2) is 9.95. The third-order valence-corrected chi connectivity index (χ3v) is 6.86. The number of rotatable bonds is 7. The molecule has 3 aromatic heterocycles. The molecule has 40 heavy (non-hydrogen) atoms. The quantitative estimate of drug-likeness (QED) is 0.264. The van der Waals surface area contributed by atoms with Crippen LogP contribution in [0.4, 0.5) is 24.5 Å². The molecule has 1 aromatic carbocycles. The average molecular weight is 574 g/mol. The van der Waals surface area contributed by atoms with E-state index in [-0.39, 0.29) is 45.1 Å². The summed E-state index contributed by atoms with van der Waals surface area (Å²) in [6.07, 6.45) is 0.375. The Morgan fingerprint density at radius 3 is 2.48 bits per heavy atom. The first-order valence-electron chi connectivity index (χ1n) is 11.9.